The third-order valence-corrected chi connectivity index (χ3v) is 2.40. The van der Waals surface area contributed by atoms with Gasteiger partial charge in [0.15, 0.2) is 0 Å². The lowest BCUT2D eigenvalue weighted by atomic mass is 10.1. The number of hydrogen-bond acceptors (Lipinski definition) is 1. The van der Waals surface area contributed by atoms with Gasteiger partial charge in [-0.05, 0) is 12.0 Å². The monoisotopic (exact) mass is 186 g/mol. The van der Waals surface area contributed by atoms with Crippen LogP contribution in [-0.2, 0) is 19.9 Å². The third kappa shape index (κ3) is 2.02. The molecule has 0 fully saturated rings. The highest BCUT2D eigenvalue weighted by Crippen LogP contribution is 2.04. The van der Waals surface area contributed by atoms with Crippen LogP contribution < -0.4 is 0 Å². The molecular formula is C12H14N2. The first-order valence-corrected chi connectivity index (χ1v) is 4.86. The molecule has 0 aliphatic carbocycles. The maximum Gasteiger partial charge on any atom is 0.108 e. The highest BCUT2D eigenvalue weighted by molar-refractivity contribution is 5.15. The van der Waals surface area contributed by atoms with Gasteiger partial charge in [-0.1, -0.05) is 30.3 Å². The van der Waals surface area contributed by atoms with Crippen molar-refractivity contribution in [1.82, 2.24) is 9.55 Å². The molecule has 0 spiro atoms. The topological polar surface area (TPSA) is 17.8 Å². The summed E-state index contributed by atoms with van der Waals surface area (Å²) in [4.78, 5) is 4.29. The highest BCUT2D eigenvalue weighted by atomic mass is 15.0. The first-order chi connectivity index (χ1) is 6.86. The number of aryl methyl sites for hydroxylation is 3. The summed E-state index contributed by atoms with van der Waals surface area (Å²) in [6.45, 7) is 0. The van der Waals surface area contributed by atoms with Gasteiger partial charge in [0.25, 0.3) is 0 Å². The van der Waals surface area contributed by atoms with Crippen LogP contribution in [0.1, 0.15) is 11.4 Å². The average molecular weight is 186 g/mol. The average Bonchev–Trinajstić information content (AvgIpc) is 2.63. The van der Waals surface area contributed by atoms with E-state index in [0.717, 1.165) is 18.7 Å². The molecule has 0 saturated heterocycles. The summed E-state index contributed by atoms with van der Waals surface area (Å²) < 4.78 is 2.07. The second-order valence-corrected chi connectivity index (χ2v) is 3.44. The molecule has 2 rings (SSSR count). The van der Waals surface area contributed by atoms with Crippen molar-refractivity contribution in [3.8, 4) is 0 Å². The summed E-state index contributed by atoms with van der Waals surface area (Å²) in [5.74, 6) is 1.15. The molecule has 0 bridgehead atoms. The van der Waals surface area contributed by atoms with Crippen molar-refractivity contribution in [1.29, 1.82) is 0 Å². The number of rotatable bonds is 3. The van der Waals surface area contributed by atoms with Crippen molar-refractivity contribution in [3.05, 3.63) is 54.1 Å². The van der Waals surface area contributed by atoms with Gasteiger partial charge in [0.1, 0.15) is 5.82 Å². The maximum absolute atomic E-state index is 4.29. The Labute approximate surface area is 84.2 Å². The van der Waals surface area contributed by atoms with Crippen LogP contribution in [0, 0.1) is 0 Å². The van der Waals surface area contributed by atoms with Crippen LogP contribution >= 0.6 is 0 Å². The quantitative estimate of drug-likeness (QED) is 0.718. The van der Waals surface area contributed by atoms with E-state index in [2.05, 4.69) is 33.8 Å². The fourth-order valence-corrected chi connectivity index (χ4v) is 1.54. The lowest BCUT2D eigenvalue weighted by Gasteiger charge is -2.01. The Hall–Kier alpha value is -1.57. The zero-order valence-corrected chi connectivity index (χ0v) is 8.35. The van der Waals surface area contributed by atoms with Crippen LogP contribution in [-0.4, -0.2) is 9.55 Å². The van der Waals surface area contributed by atoms with Crippen LogP contribution in [0.25, 0.3) is 0 Å². The molecule has 0 amide bonds. The van der Waals surface area contributed by atoms with Gasteiger partial charge in [0.05, 0.1) is 0 Å². The van der Waals surface area contributed by atoms with E-state index in [0.29, 0.717) is 0 Å². The van der Waals surface area contributed by atoms with Crippen molar-refractivity contribution >= 4 is 0 Å². The van der Waals surface area contributed by atoms with Gasteiger partial charge in [-0.3, -0.25) is 0 Å². The summed E-state index contributed by atoms with van der Waals surface area (Å²) >= 11 is 0. The normalized spacial score (nSPS) is 10.4. The lowest BCUT2D eigenvalue weighted by molar-refractivity contribution is 0.771. The maximum atomic E-state index is 4.29. The molecule has 1 heterocycles. The molecule has 2 heteroatoms. The molecule has 0 radical (unpaired) electrons. The Morgan fingerprint density at radius 2 is 1.93 bits per heavy atom. The number of imidazole rings is 1. The van der Waals surface area contributed by atoms with Crippen LogP contribution in [0.5, 0.6) is 0 Å². The van der Waals surface area contributed by atoms with Crippen molar-refractivity contribution in [2.24, 2.45) is 7.05 Å². The predicted molar refractivity (Wildman–Crippen MR) is 57.1 cm³/mol. The smallest absolute Gasteiger partial charge is 0.108 e. The predicted octanol–water partition coefficient (Wildman–Crippen LogP) is 2.21. The molecule has 0 aliphatic heterocycles. The fraction of sp³-hybridized carbons (Fsp3) is 0.250. The number of nitrogens with zero attached hydrogens (tertiary/aromatic N) is 2. The summed E-state index contributed by atoms with van der Waals surface area (Å²) in [6.07, 6.45) is 5.90. The van der Waals surface area contributed by atoms with E-state index in [1.54, 1.807) is 0 Å². The molecule has 72 valence electrons. The molecular weight excluding hydrogens is 172 g/mol. The van der Waals surface area contributed by atoms with E-state index in [-0.39, 0.29) is 0 Å². The molecule has 0 aliphatic rings. The fourth-order valence-electron chi connectivity index (χ4n) is 1.54. The second kappa shape index (κ2) is 4.09. The molecule has 1 aromatic heterocycles. The van der Waals surface area contributed by atoms with Crippen LogP contribution in [0.3, 0.4) is 0 Å². The molecule has 2 aromatic rings. The van der Waals surface area contributed by atoms with E-state index in [4.69, 9.17) is 0 Å². The van der Waals surface area contributed by atoms with Crippen LogP contribution in [0.4, 0.5) is 0 Å². The molecule has 0 saturated carbocycles. The van der Waals surface area contributed by atoms with Gasteiger partial charge in [-0.2, -0.15) is 0 Å². The minimum Gasteiger partial charge on any atom is -0.338 e. The Morgan fingerprint density at radius 3 is 2.57 bits per heavy atom. The molecule has 0 atom stereocenters. The van der Waals surface area contributed by atoms with Crippen molar-refractivity contribution in [3.63, 3.8) is 0 Å². The van der Waals surface area contributed by atoms with E-state index in [1.165, 1.54) is 5.56 Å². The van der Waals surface area contributed by atoms with Gasteiger partial charge in [-0.25, -0.2) is 4.98 Å². The zero-order chi connectivity index (χ0) is 9.80. The van der Waals surface area contributed by atoms with Gasteiger partial charge < -0.3 is 4.57 Å². The van der Waals surface area contributed by atoms with E-state index >= 15 is 0 Å². The Morgan fingerprint density at radius 1 is 1.14 bits per heavy atom. The van der Waals surface area contributed by atoms with Gasteiger partial charge in [0.2, 0.25) is 0 Å². The molecule has 0 unspecified atom stereocenters. The SMILES string of the molecule is Cn1ccnc1CCc1ccccc1. The number of benzene rings is 1. The van der Waals surface area contributed by atoms with Crippen molar-refractivity contribution in [2.45, 2.75) is 12.8 Å². The first kappa shape index (κ1) is 9.00. The van der Waals surface area contributed by atoms with E-state index in [9.17, 15) is 0 Å². The summed E-state index contributed by atoms with van der Waals surface area (Å²) in [6, 6.07) is 10.5. The molecule has 0 N–H and O–H groups in total. The zero-order valence-electron chi connectivity index (χ0n) is 8.35. The van der Waals surface area contributed by atoms with Crippen LogP contribution in [0.2, 0.25) is 0 Å². The third-order valence-electron chi connectivity index (χ3n) is 2.40. The number of hydrogen-bond donors (Lipinski definition) is 0. The number of aromatic nitrogens is 2. The van der Waals surface area contributed by atoms with Crippen molar-refractivity contribution < 1.29 is 0 Å². The summed E-state index contributed by atoms with van der Waals surface area (Å²) in [5.41, 5.74) is 1.37. The highest BCUT2D eigenvalue weighted by Gasteiger charge is 1.99. The first-order valence-electron chi connectivity index (χ1n) is 4.86. The van der Waals surface area contributed by atoms with E-state index in [1.807, 2.05) is 25.5 Å². The minimum absolute atomic E-state index is 1.01. The Kier molecular flexibility index (Phi) is 2.63. The summed E-state index contributed by atoms with van der Waals surface area (Å²) in [7, 11) is 2.04. The van der Waals surface area contributed by atoms with Gasteiger partial charge >= 0.3 is 0 Å². The van der Waals surface area contributed by atoms with E-state index < -0.39 is 0 Å². The largest absolute Gasteiger partial charge is 0.338 e. The molecule has 1 aromatic carbocycles. The second-order valence-electron chi connectivity index (χ2n) is 3.44. The lowest BCUT2D eigenvalue weighted by Crippen LogP contribution is -1.99. The Bertz CT molecular complexity index is 390. The molecule has 2 nitrogen and oxygen atoms in total. The van der Waals surface area contributed by atoms with Crippen molar-refractivity contribution in [2.75, 3.05) is 0 Å². The van der Waals surface area contributed by atoms with Gasteiger partial charge in [-0.15, -0.1) is 0 Å². The minimum atomic E-state index is 1.01. The van der Waals surface area contributed by atoms with Gasteiger partial charge in [0, 0.05) is 25.9 Å². The standard InChI is InChI=1S/C12H14N2/c1-14-10-9-13-12(14)8-7-11-5-3-2-4-6-11/h2-6,9-10H,7-8H2,1H3. The summed E-state index contributed by atoms with van der Waals surface area (Å²) in [5, 5.41) is 0. The van der Waals surface area contributed by atoms with Crippen LogP contribution in [0.15, 0.2) is 42.7 Å². The molecule has 14 heavy (non-hydrogen) atoms. The Balaban J connectivity index is 1.99.